The summed E-state index contributed by atoms with van der Waals surface area (Å²) in [5, 5.41) is 4.71. The van der Waals surface area contributed by atoms with E-state index in [0.29, 0.717) is 0 Å². The third-order valence-electron chi connectivity index (χ3n) is 3.01. The molecule has 0 radical (unpaired) electrons. The van der Waals surface area contributed by atoms with Gasteiger partial charge >= 0.3 is 0 Å². The molecule has 0 unspecified atom stereocenters. The van der Waals surface area contributed by atoms with E-state index in [1.54, 1.807) is 6.21 Å². The second kappa shape index (κ2) is 7.60. The van der Waals surface area contributed by atoms with E-state index in [2.05, 4.69) is 43.1 Å². The van der Waals surface area contributed by atoms with Crippen LogP contribution in [0.1, 0.15) is 5.56 Å². The molecule has 2 N–H and O–H groups in total. The van der Waals surface area contributed by atoms with Crippen LogP contribution in [0.3, 0.4) is 0 Å². The molecule has 116 valence electrons. The minimum atomic E-state index is -0.169. The molecule has 0 fully saturated rings. The number of hydrazone groups is 1. The second-order valence-corrected chi connectivity index (χ2v) is 6.79. The molecule has 0 aliphatic heterocycles. The van der Waals surface area contributed by atoms with E-state index < -0.39 is 0 Å². The smallest absolute Gasteiger partial charge is 0.250 e. The fourth-order valence-corrected chi connectivity index (χ4v) is 3.12. The third kappa shape index (κ3) is 4.32. The van der Waals surface area contributed by atoms with Crippen LogP contribution in [0.2, 0.25) is 0 Å². The van der Waals surface area contributed by atoms with Crippen molar-refractivity contribution in [1.29, 1.82) is 0 Å². The van der Waals surface area contributed by atoms with Gasteiger partial charge in [0.2, 0.25) is 0 Å². The van der Waals surface area contributed by atoms with E-state index in [0.717, 1.165) is 25.3 Å². The van der Waals surface area contributed by atoms with Crippen molar-refractivity contribution in [1.82, 2.24) is 15.4 Å². The lowest BCUT2D eigenvalue weighted by Gasteiger charge is -1.99. The zero-order chi connectivity index (χ0) is 16.1. The van der Waals surface area contributed by atoms with Gasteiger partial charge in [0.1, 0.15) is 0 Å². The van der Waals surface area contributed by atoms with Crippen molar-refractivity contribution in [3.8, 4) is 0 Å². The molecular formula is C16H13IN4OS. The van der Waals surface area contributed by atoms with Crippen molar-refractivity contribution in [2.45, 2.75) is 5.16 Å². The summed E-state index contributed by atoms with van der Waals surface area (Å²) in [6.45, 7) is 0. The first kappa shape index (κ1) is 16.0. The Labute approximate surface area is 151 Å². The Morgan fingerprint density at radius 2 is 2.04 bits per heavy atom. The zero-order valence-electron chi connectivity index (χ0n) is 12.0. The lowest BCUT2D eigenvalue weighted by molar-refractivity contribution is -0.118. The Kier molecular flexibility index (Phi) is 5.29. The molecule has 0 aliphatic carbocycles. The van der Waals surface area contributed by atoms with Crippen molar-refractivity contribution in [3.05, 3.63) is 57.7 Å². The van der Waals surface area contributed by atoms with E-state index in [4.69, 9.17) is 0 Å². The second-order valence-electron chi connectivity index (χ2n) is 4.66. The SMILES string of the molecule is O=C(CSc1nc2ccccc2[nH]1)N/N=C\c1ccccc1I. The Hall–Kier alpha value is -1.87. The number of H-pyrrole nitrogens is 1. The quantitative estimate of drug-likeness (QED) is 0.279. The van der Waals surface area contributed by atoms with Crippen LogP contribution in [0, 0.1) is 3.57 Å². The topological polar surface area (TPSA) is 70.1 Å². The van der Waals surface area contributed by atoms with Crippen LogP contribution in [-0.2, 0) is 4.79 Å². The van der Waals surface area contributed by atoms with Gasteiger partial charge in [0.05, 0.1) is 23.0 Å². The minimum absolute atomic E-state index is 0.169. The van der Waals surface area contributed by atoms with E-state index >= 15 is 0 Å². The molecule has 7 heteroatoms. The Balaban J connectivity index is 1.52. The van der Waals surface area contributed by atoms with Crippen LogP contribution in [0.15, 0.2) is 58.8 Å². The molecule has 0 spiro atoms. The van der Waals surface area contributed by atoms with Crippen LogP contribution in [-0.4, -0.2) is 27.8 Å². The molecule has 0 saturated heterocycles. The number of aromatic nitrogens is 2. The Morgan fingerprint density at radius 1 is 1.26 bits per heavy atom. The van der Waals surface area contributed by atoms with Gasteiger partial charge < -0.3 is 4.98 Å². The zero-order valence-corrected chi connectivity index (χ0v) is 15.0. The Morgan fingerprint density at radius 3 is 2.87 bits per heavy atom. The fraction of sp³-hybridized carbons (Fsp3) is 0.0625. The van der Waals surface area contributed by atoms with Gasteiger partial charge in [-0.2, -0.15) is 5.10 Å². The summed E-state index contributed by atoms with van der Waals surface area (Å²) >= 11 is 3.58. The normalized spacial score (nSPS) is 11.2. The van der Waals surface area contributed by atoms with Crippen LogP contribution >= 0.6 is 34.4 Å². The fourth-order valence-electron chi connectivity index (χ4n) is 1.92. The Bertz CT molecular complexity index is 829. The number of carbonyl (C=O) groups excluding carboxylic acids is 1. The number of hydrogen-bond donors (Lipinski definition) is 2. The highest BCUT2D eigenvalue weighted by Gasteiger charge is 2.06. The summed E-state index contributed by atoms with van der Waals surface area (Å²) in [4.78, 5) is 19.4. The number of nitrogens with one attached hydrogen (secondary N) is 2. The molecule has 0 bridgehead atoms. The molecule has 5 nitrogen and oxygen atoms in total. The largest absolute Gasteiger partial charge is 0.333 e. The summed E-state index contributed by atoms with van der Waals surface area (Å²) in [5.74, 6) is 0.0842. The van der Waals surface area contributed by atoms with Gasteiger partial charge in [0, 0.05) is 9.13 Å². The summed E-state index contributed by atoms with van der Waals surface area (Å²) < 4.78 is 1.08. The van der Waals surface area contributed by atoms with Crippen molar-refractivity contribution < 1.29 is 4.79 Å². The van der Waals surface area contributed by atoms with Gasteiger partial charge in [-0.25, -0.2) is 10.4 Å². The number of fused-ring (bicyclic) bond motifs is 1. The van der Waals surface area contributed by atoms with Crippen molar-refractivity contribution in [3.63, 3.8) is 0 Å². The number of rotatable bonds is 5. The number of carbonyl (C=O) groups is 1. The van der Waals surface area contributed by atoms with Gasteiger partial charge in [0.25, 0.3) is 5.91 Å². The number of aromatic amines is 1. The van der Waals surface area contributed by atoms with Crippen LogP contribution in [0.5, 0.6) is 0 Å². The first-order valence-electron chi connectivity index (χ1n) is 6.86. The first-order chi connectivity index (χ1) is 11.2. The number of halogens is 1. The minimum Gasteiger partial charge on any atom is -0.333 e. The predicted octanol–water partition coefficient (Wildman–Crippen LogP) is 3.41. The monoisotopic (exact) mass is 436 g/mol. The number of benzene rings is 2. The molecule has 3 aromatic rings. The molecule has 2 aromatic carbocycles. The molecule has 3 rings (SSSR count). The number of para-hydroxylation sites is 2. The van der Waals surface area contributed by atoms with E-state index in [1.807, 2.05) is 48.5 Å². The lowest BCUT2D eigenvalue weighted by atomic mass is 10.2. The van der Waals surface area contributed by atoms with Gasteiger partial charge in [-0.3, -0.25) is 4.79 Å². The highest BCUT2D eigenvalue weighted by atomic mass is 127. The maximum Gasteiger partial charge on any atom is 0.250 e. The lowest BCUT2D eigenvalue weighted by Crippen LogP contribution is -2.19. The van der Waals surface area contributed by atoms with Crippen molar-refractivity contribution >= 4 is 57.5 Å². The average molecular weight is 436 g/mol. The molecule has 1 heterocycles. The summed E-state index contributed by atoms with van der Waals surface area (Å²) in [6, 6.07) is 15.6. The number of thioether (sulfide) groups is 1. The number of amides is 1. The molecule has 23 heavy (non-hydrogen) atoms. The summed E-state index contributed by atoms with van der Waals surface area (Å²) in [7, 11) is 0. The van der Waals surface area contributed by atoms with E-state index in [-0.39, 0.29) is 11.7 Å². The highest BCUT2D eigenvalue weighted by molar-refractivity contribution is 14.1. The summed E-state index contributed by atoms with van der Waals surface area (Å²) in [5.41, 5.74) is 5.36. The highest BCUT2D eigenvalue weighted by Crippen LogP contribution is 2.18. The van der Waals surface area contributed by atoms with Gasteiger partial charge in [-0.15, -0.1) is 0 Å². The van der Waals surface area contributed by atoms with E-state index in [1.165, 1.54) is 11.8 Å². The van der Waals surface area contributed by atoms with E-state index in [9.17, 15) is 4.79 Å². The molecule has 1 aromatic heterocycles. The maximum atomic E-state index is 11.8. The van der Waals surface area contributed by atoms with Gasteiger partial charge in [-0.05, 0) is 40.8 Å². The molecule has 0 aliphatic rings. The van der Waals surface area contributed by atoms with Crippen molar-refractivity contribution in [2.24, 2.45) is 5.10 Å². The number of imidazole rings is 1. The van der Waals surface area contributed by atoms with Gasteiger partial charge in [0.15, 0.2) is 5.16 Å². The number of nitrogens with zero attached hydrogens (tertiary/aromatic N) is 2. The van der Waals surface area contributed by atoms with Gasteiger partial charge in [-0.1, -0.05) is 42.1 Å². The predicted molar refractivity (Wildman–Crippen MR) is 102 cm³/mol. The summed E-state index contributed by atoms with van der Waals surface area (Å²) in [6.07, 6.45) is 1.64. The average Bonchev–Trinajstić information content (AvgIpc) is 2.98. The third-order valence-corrected chi connectivity index (χ3v) is 4.86. The molecule has 0 saturated carbocycles. The molecule has 1 amide bonds. The van der Waals surface area contributed by atoms with Crippen LogP contribution in [0.25, 0.3) is 11.0 Å². The number of hydrogen-bond acceptors (Lipinski definition) is 4. The van der Waals surface area contributed by atoms with Crippen LogP contribution in [0.4, 0.5) is 0 Å². The first-order valence-corrected chi connectivity index (χ1v) is 8.93. The molecular weight excluding hydrogens is 423 g/mol. The maximum absolute atomic E-state index is 11.8. The van der Waals surface area contributed by atoms with Crippen molar-refractivity contribution in [2.75, 3.05) is 5.75 Å². The van der Waals surface area contributed by atoms with Crippen LogP contribution < -0.4 is 5.43 Å². The molecule has 0 atom stereocenters. The standard InChI is InChI=1S/C16H13IN4OS/c17-12-6-2-1-5-11(12)9-18-21-15(22)10-23-16-19-13-7-3-4-8-14(13)20-16/h1-9H,10H2,(H,19,20)(H,21,22)/b18-9-.